The van der Waals surface area contributed by atoms with Crippen LogP contribution in [-0.4, -0.2) is 24.5 Å². The molecule has 0 radical (unpaired) electrons. The molecule has 0 amide bonds. The molecule has 2 atom stereocenters. The maximum atomic E-state index is 6.17. The van der Waals surface area contributed by atoms with Crippen molar-refractivity contribution in [3.63, 3.8) is 0 Å². The molecule has 6 nitrogen and oxygen atoms in total. The fourth-order valence-corrected chi connectivity index (χ4v) is 5.14. The zero-order valence-electron chi connectivity index (χ0n) is 18.8. The van der Waals surface area contributed by atoms with Gasteiger partial charge in [-0.05, 0) is 48.4 Å². The predicted octanol–water partition coefficient (Wildman–Crippen LogP) is 6.13. The maximum absolute atomic E-state index is 6.17. The van der Waals surface area contributed by atoms with Crippen molar-refractivity contribution in [2.45, 2.75) is 39.0 Å². The quantitative estimate of drug-likeness (QED) is 0.385. The van der Waals surface area contributed by atoms with E-state index in [-0.39, 0.29) is 0 Å². The molecule has 4 aromatic rings. The van der Waals surface area contributed by atoms with Gasteiger partial charge in [0.25, 0.3) is 0 Å². The highest BCUT2D eigenvalue weighted by molar-refractivity contribution is 6.30. The second kappa shape index (κ2) is 8.58. The van der Waals surface area contributed by atoms with Crippen molar-refractivity contribution in [2.24, 2.45) is 25.9 Å². The molecule has 1 N–H and O–H groups in total. The van der Waals surface area contributed by atoms with Crippen LogP contribution in [0.4, 0.5) is 11.6 Å². The molecular weight excluding hydrogens is 420 g/mol. The smallest absolute Gasteiger partial charge is 0.160 e. The molecule has 0 unspecified atom stereocenters. The first-order chi connectivity index (χ1) is 15.5. The number of aryl methyl sites for hydroxylation is 3. The first-order valence-electron chi connectivity index (χ1n) is 11.4. The van der Waals surface area contributed by atoms with Crippen LogP contribution in [0.5, 0.6) is 0 Å². The number of aromatic nitrogens is 5. The van der Waals surface area contributed by atoms with Crippen LogP contribution in [-0.2, 0) is 20.5 Å². The first kappa shape index (κ1) is 21.0. The molecule has 7 heteroatoms. The van der Waals surface area contributed by atoms with E-state index >= 15 is 0 Å². The molecule has 0 aliphatic heterocycles. The largest absolute Gasteiger partial charge is 0.325 e. The molecular formula is C25H29ClN6. The number of nitrogens with one attached hydrogen (secondary N) is 1. The van der Waals surface area contributed by atoms with Crippen molar-refractivity contribution in [1.29, 1.82) is 0 Å². The fourth-order valence-electron chi connectivity index (χ4n) is 4.95. The Morgan fingerprint density at radius 1 is 1.12 bits per heavy atom. The number of benzene rings is 1. The Kier molecular flexibility index (Phi) is 5.64. The molecule has 1 aromatic carbocycles. The summed E-state index contributed by atoms with van der Waals surface area (Å²) in [5.74, 6) is 3.35. The monoisotopic (exact) mass is 448 g/mol. The van der Waals surface area contributed by atoms with Crippen molar-refractivity contribution < 1.29 is 0 Å². The molecule has 1 aliphatic carbocycles. The summed E-state index contributed by atoms with van der Waals surface area (Å²) in [5, 5.41) is 14.4. The lowest BCUT2D eigenvalue weighted by Gasteiger charge is -2.16. The van der Waals surface area contributed by atoms with Gasteiger partial charge in [-0.3, -0.25) is 9.36 Å². The molecule has 1 fully saturated rings. The Labute approximate surface area is 193 Å². The van der Waals surface area contributed by atoms with Crippen molar-refractivity contribution in [2.75, 3.05) is 5.32 Å². The number of hydrogen-bond donors (Lipinski definition) is 1. The second-order valence-electron chi connectivity index (χ2n) is 9.05. The molecule has 5 rings (SSSR count). The third-order valence-electron chi connectivity index (χ3n) is 6.87. The highest BCUT2D eigenvalue weighted by atomic mass is 35.5. The molecule has 3 aromatic heterocycles. The summed E-state index contributed by atoms with van der Waals surface area (Å²) in [4.78, 5) is 4.85. The van der Waals surface area contributed by atoms with Crippen molar-refractivity contribution in [1.82, 2.24) is 24.5 Å². The lowest BCUT2D eigenvalue weighted by molar-refractivity contribution is 0.392. The molecule has 3 heterocycles. The van der Waals surface area contributed by atoms with Crippen molar-refractivity contribution in [3.05, 3.63) is 53.2 Å². The van der Waals surface area contributed by atoms with Gasteiger partial charge in [0.2, 0.25) is 0 Å². The summed E-state index contributed by atoms with van der Waals surface area (Å²) < 4.78 is 3.69. The molecule has 32 heavy (non-hydrogen) atoms. The number of nitrogens with zero attached hydrogens (tertiary/aromatic N) is 5. The van der Waals surface area contributed by atoms with Gasteiger partial charge in [0.15, 0.2) is 5.65 Å². The van der Waals surface area contributed by atoms with Gasteiger partial charge in [0.1, 0.15) is 11.6 Å². The molecule has 0 spiro atoms. The van der Waals surface area contributed by atoms with Crippen LogP contribution in [0.25, 0.3) is 22.3 Å². The number of hydrogen-bond acceptors (Lipinski definition) is 4. The van der Waals surface area contributed by atoms with Gasteiger partial charge in [-0.1, -0.05) is 49.9 Å². The fraction of sp³-hybridized carbons (Fsp3) is 0.400. The molecule has 166 valence electrons. The average Bonchev–Trinajstić information content (AvgIpc) is 3.46. The summed E-state index contributed by atoms with van der Waals surface area (Å²) in [6.07, 6.45) is 8.31. The summed E-state index contributed by atoms with van der Waals surface area (Å²) in [5.41, 5.74) is 4.07. The topological polar surface area (TPSA) is 60.6 Å². The van der Waals surface area contributed by atoms with Crippen LogP contribution in [0.2, 0.25) is 5.02 Å². The average molecular weight is 449 g/mol. The summed E-state index contributed by atoms with van der Waals surface area (Å²) >= 11 is 6.17. The number of halogens is 1. The number of fused-ring (bicyclic) bond motifs is 1. The highest BCUT2D eigenvalue weighted by Gasteiger charge is 2.23. The van der Waals surface area contributed by atoms with E-state index < -0.39 is 0 Å². The van der Waals surface area contributed by atoms with Crippen molar-refractivity contribution in [3.8, 4) is 11.3 Å². The van der Waals surface area contributed by atoms with E-state index in [1.165, 1.54) is 31.2 Å². The normalized spacial score (nSPS) is 18.5. The van der Waals surface area contributed by atoms with Gasteiger partial charge in [-0.25, -0.2) is 4.98 Å². The zero-order valence-corrected chi connectivity index (χ0v) is 19.6. The minimum Gasteiger partial charge on any atom is -0.325 e. The van der Waals surface area contributed by atoms with Gasteiger partial charge in [-0.2, -0.15) is 10.2 Å². The van der Waals surface area contributed by atoms with Crippen LogP contribution in [0.3, 0.4) is 0 Å². The maximum Gasteiger partial charge on any atom is 0.160 e. The predicted molar refractivity (Wildman–Crippen MR) is 130 cm³/mol. The van der Waals surface area contributed by atoms with Gasteiger partial charge < -0.3 is 5.32 Å². The number of rotatable bonds is 6. The van der Waals surface area contributed by atoms with E-state index in [1.807, 2.05) is 60.0 Å². The standard InChI is InChI=1S/C25H29ClN6/c1-16-6-4-7-17(16)10-11-18-13-23(29-25-21(18)15-27-32(25)3)28-24-14-22(30-31(24)2)19-8-5-9-20(26)12-19/h5,8-9,12-17H,4,6-7,10-11H2,1-3H3,(H,28,29)/t16-,17+/m0/s1. The SMILES string of the molecule is C[C@H]1CCC[C@@H]1CCc1cc(Nc2cc(-c3cccc(Cl)c3)nn2C)nc2c1cnn2C. The van der Waals surface area contributed by atoms with E-state index in [2.05, 4.69) is 28.5 Å². The Bertz CT molecular complexity index is 1260. The minimum absolute atomic E-state index is 0.701. The van der Waals surface area contributed by atoms with E-state index in [0.717, 1.165) is 52.2 Å². The lowest BCUT2D eigenvalue weighted by atomic mass is 9.91. The molecule has 0 bridgehead atoms. The third-order valence-corrected chi connectivity index (χ3v) is 7.11. The minimum atomic E-state index is 0.701. The summed E-state index contributed by atoms with van der Waals surface area (Å²) in [7, 11) is 3.88. The number of pyridine rings is 1. The molecule has 1 aliphatic rings. The van der Waals surface area contributed by atoms with Crippen molar-refractivity contribution >= 4 is 34.3 Å². The van der Waals surface area contributed by atoms with E-state index in [4.69, 9.17) is 16.6 Å². The van der Waals surface area contributed by atoms with Gasteiger partial charge in [0.05, 0.1) is 11.9 Å². The van der Waals surface area contributed by atoms with Crippen LogP contribution < -0.4 is 5.32 Å². The Balaban J connectivity index is 1.43. The Morgan fingerprint density at radius 2 is 2.00 bits per heavy atom. The zero-order chi connectivity index (χ0) is 22.2. The Morgan fingerprint density at radius 3 is 2.78 bits per heavy atom. The molecule has 1 saturated carbocycles. The summed E-state index contributed by atoms with van der Waals surface area (Å²) in [6, 6.07) is 12.0. The van der Waals surface area contributed by atoms with Gasteiger partial charge in [-0.15, -0.1) is 0 Å². The van der Waals surface area contributed by atoms with E-state index in [0.29, 0.717) is 5.02 Å². The van der Waals surface area contributed by atoms with Crippen LogP contribution in [0, 0.1) is 11.8 Å². The van der Waals surface area contributed by atoms with Crippen LogP contribution in [0.1, 0.15) is 38.2 Å². The number of anilines is 2. The molecule has 0 saturated heterocycles. The Hall–Kier alpha value is -2.86. The highest BCUT2D eigenvalue weighted by Crippen LogP contribution is 2.35. The van der Waals surface area contributed by atoms with E-state index in [1.54, 1.807) is 0 Å². The van der Waals surface area contributed by atoms with Crippen LogP contribution >= 0.6 is 11.6 Å². The first-order valence-corrected chi connectivity index (χ1v) is 11.7. The van der Waals surface area contributed by atoms with Gasteiger partial charge in [0, 0.05) is 36.1 Å². The van der Waals surface area contributed by atoms with Crippen LogP contribution in [0.15, 0.2) is 42.6 Å². The van der Waals surface area contributed by atoms with E-state index in [9.17, 15) is 0 Å². The third kappa shape index (κ3) is 4.11. The summed E-state index contributed by atoms with van der Waals surface area (Å²) in [6.45, 7) is 2.40. The second-order valence-corrected chi connectivity index (χ2v) is 9.49. The lowest BCUT2D eigenvalue weighted by Crippen LogP contribution is -2.06. The van der Waals surface area contributed by atoms with Gasteiger partial charge >= 0.3 is 0 Å².